The highest BCUT2D eigenvalue weighted by Gasteiger charge is 2.22. The number of hydrogen-bond acceptors (Lipinski definition) is 4. The number of hydrogen-bond donors (Lipinski definition) is 0. The van der Waals surface area contributed by atoms with E-state index in [1.165, 1.54) is 0 Å². The molecule has 0 atom stereocenters. The molecule has 0 saturated heterocycles. The van der Waals surface area contributed by atoms with Gasteiger partial charge in [0.05, 0.1) is 12.2 Å². The van der Waals surface area contributed by atoms with Gasteiger partial charge in [-0.25, -0.2) is 9.97 Å². The fourth-order valence-electron chi connectivity index (χ4n) is 3.15. The van der Waals surface area contributed by atoms with E-state index in [-0.39, 0.29) is 5.91 Å². The van der Waals surface area contributed by atoms with Gasteiger partial charge in [0.15, 0.2) is 5.69 Å². The molecule has 1 amide bonds. The van der Waals surface area contributed by atoms with Gasteiger partial charge in [-0.15, -0.1) is 0 Å². The number of amides is 1. The van der Waals surface area contributed by atoms with Crippen molar-refractivity contribution in [3.05, 3.63) is 54.0 Å². The molecule has 3 aromatic rings. The quantitative estimate of drug-likeness (QED) is 0.613. The number of imidazole rings is 2. The van der Waals surface area contributed by atoms with Crippen molar-refractivity contribution in [2.24, 2.45) is 7.05 Å². The van der Waals surface area contributed by atoms with Crippen LogP contribution in [0.4, 0.5) is 0 Å². The van der Waals surface area contributed by atoms with E-state index in [0.717, 1.165) is 36.6 Å². The van der Waals surface area contributed by atoms with E-state index in [9.17, 15) is 4.79 Å². The first kappa shape index (κ1) is 19.1. The van der Waals surface area contributed by atoms with E-state index in [1.807, 2.05) is 60.7 Å². The van der Waals surface area contributed by atoms with E-state index in [1.54, 1.807) is 11.1 Å². The second-order valence-corrected chi connectivity index (χ2v) is 7.04. The predicted octanol–water partition coefficient (Wildman–Crippen LogP) is 2.57. The van der Waals surface area contributed by atoms with Crippen LogP contribution in [0, 0.1) is 0 Å². The summed E-state index contributed by atoms with van der Waals surface area (Å²) in [6, 6.07) is 5.84. The second-order valence-electron chi connectivity index (χ2n) is 7.04. The van der Waals surface area contributed by atoms with E-state index in [2.05, 4.69) is 21.8 Å². The summed E-state index contributed by atoms with van der Waals surface area (Å²) in [6.07, 6.45) is 7.76. The molecule has 0 spiro atoms. The summed E-state index contributed by atoms with van der Waals surface area (Å²) in [5.74, 6) is 0.965. The van der Waals surface area contributed by atoms with Gasteiger partial charge < -0.3 is 13.9 Å². The molecule has 0 aliphatic carbocycles. The molecule has 3 rings (SSSR count). The van der Waals surface area contributed by atoms with Gasteiger partial charge >= 0.3 is 0 Å². The smallest absolute Gasteiger partial charge is 0.274 e. The maximum Gasteiger partial charge on any atom is 0.274 e. The summed E-state index contributed by atoms with van der Waals surface area (Å²) in [5.41, 5.74) is 2.24. The lowest BCUT2D eigenvalue weighted by Crippen LogP contribution is -2.30. The summed E-state index contributed by atoms with van der Waals surface area (Å²) in [4.78, 5) is 26.0. The molecule has 0 fully saturated rings. The van der Waals surface area contributed by atoms with Crippen molar-refractivity contribution < 1.29 is 4.79 Å². The average Bonchev–Trinajstić information content (AvgIpc) is 3.23. The monoisotopic (exact) mass is 368 g/mol. The van der Waals surface area contributed by atoms with Crippen molar-refractivity contribution in [1.29, 1.82) is 0 Å². The van der Waals surface area contributed by atoms with E-state index in [4.69, 9.17) is 0 Å². The molecule has 0 unspecified atom stereocenters. The Balaban J connectivity index is 1.88. The van der Waals surface area contributed by atoms with Crippen LogP contribution in [0.5, 0.6) is 0 Å². The van der Waals surface area contributed by atoms with Crippen LogP contribution in [-0.4, -0.2) is 55.3 Å². The van der Waals surface area contributed by atoms with Crippen LogP contribution in [0.2, 0.25) is 0 Å². The summed E-state index contributed by atoms with van der Waals surface area (Å²) < 4.78 is 4.02. The minimum absolute atomic E-state index is 0.0208. The van der Waals surface area contributed by atoms with Gasteiger partial charge in [-0.05, 0) is 25.6 Å². The number of rotatable bonds is 8. The van der Waals surface area contributed by atoms with Crippen molar-refractivity contribution in [1.82, 2.24) is 28.7 Å². The lowest BCUT2D eigenvalue weighted by molar-refractivity contribution is 0.0786. The van der Waals surface area contributed by atoms with Crippen LogP contribution in [0.15, 0.2) is 36.8 Å². The first-order chi connectivity index (χ1) is 13.0. The van der Waals surface area contributed by atoms with Gasteiger partial charge in [0.2, 0.25) is 0 Å². The summed E-state index contributed by atoms with van der Waals surface area (Å²) in [5, 5.41) is 0. The van der Waals surface area contributed by atoms with Crippen LogP contribution in [0.25, 0.3) is 5.65 Å². The number of carbonyl (C=O) groups excluding carboxylic acids is 1. The Morgan fingerprint density at radius 3 is 2.70 bits per heavy atom. The fraction of sp³-hybridized carbons (Fsp3) is 0.450. The number of pyridine rings is 1. The Bertz CT molecular complexity index is 912. The molecule has 0 bridgehead atoms. The van der Waals surface area contributed by atoms with Gasteiger partial charge in [-0.1, -0.05) is 19.4 Å². The third kappa shape index (κ3) is 4.19. The molecule has 0 radical (unpaired) electrons. The van der Waals surface area contributed by atoms with Crippen LogP contribution in [0.1, 0.15) is 41.8 Å². The van der Waals surface area contributed by atoms with Crippen molar-refractivity contribution in [2.75, 3.05) is 20.6 Å². The first-order valence-electron chi connectivity index (χ1n) is 9.37. The normalized spacial score (nSPS) is 11.4. The fourth-order valence-corrected chi connectivity index (χ4v) is 3.15. The average molecular weight is 368 g/mol. The number of aryl methyl sites for hydroxylation is 1. The molecule has 0 saturated carbocycles. The van der Waals surface area contributed by atoms with Crippen LogP contribution < -0.4 is 0 Å². The number of nitrogens with zero attached hydrogens (tertiary/aromatic N) is 6. The maximum atomic E-state index is 13.0. The third-order valence-corrected chi connectivity index (χ3v) is 4.78. The minimum Gasteiger partial charge on any atom is -0.340 e. The highest BCUT2D eigenvalue weighted by atomic mass is 16.2. The van der Waals surface area contributed by atoms with Crippen LogP contribution in [-0.2, 0) is 20.1 Å². The zero-order valence-corrected chi connectivity index (χ0v) is 16.6. The lowest BCUT2D eigenvalue weighted by Gasteiger charge is -2.19. The van der Waals surface area contributed by atoms with Crippen LogP contribution in [0.3, 0.4) is 0 Å². The SMILES string of the molecule is CCCCN(C)C(=O)c1nc2ccccn2c1CN(C)Cc1nccn1C. The van der Waals surface area contributed by atoms with Gasteiger partial charge in [0, 0.05) is 45.8 Å². The Kier molecular flexibility index (Phi) is 5.91. The molecular formula is C20H28N6O. The van der Waals surface area contributed by atoms with Crippen molar-refractivity contribution in [3.63, 3.8) is 0 Å². The molecule has 7 heteroatoms. The largest absolute Gasteiger partial charge is 0.340 e. The van der Waals surface area contributed by atoms with E-state index in [0.29, 0.717) is 18.8 Å². The van der Waals surface area contributed by atoms with Gasteiger partial charge in [-0.2, -0.15) is 0 Å². The molecule has 27 heavy (non-hydrogen) atoms. The zero-order valence-electron chi connectivity index (χ0n) is 16.6. The first-order valence-corrected chi connectivity index (χ1v) is 9.37. The molecule has 144 valence electrons. The number of carbonyl (C=O) groups is 1. The van der Waals surface area contributed by atoms with E-state index < -0.39 is 0 Å². The van der Waals surface area contributed by atoms with Gasteiger partial charge in [-0.3, -0.25) is 9.69 Å². The van der Waals surface area contributed by atoms with Crippen molar-refractivity contribution in [2.45, 2.75) is 32.9 Å². The number of unbranched alkanes of at least 4 members (excludes halogenated alkanes) is 1. The Morgan fingerprint density at radius 1 is 1.19 bits per heavy atom. The molecule has 7 nitrogen and oxygen atoms in total. The Morgan fingerprint density at radius 2 is 2.00 bits per heavy atom. The highest BCUT2D eigenvalue weighted by Crippen LogP contribution is 2.17. The second kappa shape index (κ2) is 8.35. The minimum atomic E-state index is -0.0208. The number of fused-ring (bicyclic) bond motifs is 1. The third-order valence-electron chi connectivity index (χ3n) is 4.78. The predicted molar refractivity (Wildman–Crippen MR) is 105 cm³/mol. The molecular weight excluding hydrogens is 340 g/mol. The molecule has 0 aromatic carbocycles. The van der Waals surface area contributed by atoms with Crippen LogP contribution >= 0.6 is 0 Å². The molecule has 0 aliphatic heterocycles. The molecule has 0 N–H and O–H groups in total. The lowest BCUT2D eigenvalue weighted by atomic mass is 10.2. The summed E-state index contributed by atoms with van der Waals surface area (Å²) >= 11 is 0. The van der Waals surface area contributed by atoms with Crippen molar-refractivity contribution >= 4 is 11.6 Å². The van der Waals surface area contributed by atoms with Gasteiger partial charge in [0.1, 0.15) is 11.5 Å². The Labute approximate surface area is 160 Å². The molecule has 0 aliphatic rings. The molecule has 3 heterocycles. The van der Waals surface area contributed by atoms with Crippen molar-refractivity contribution in [3.8, 4) is 0 Å². The standard InChI is InChI=1S/C20H28N6O/c1-5-6-11-25(4)20(27)19-16(26-12-8-7-9-17(26)22-19)14-23(2)15-18-21-10-13-24(18)3/h7-10,12-13H,5-6,11,14-15H2,1-4H3. The molecule has 3 aromatic heterocycles. The Hall–Kier alpha value is -2.67. The van der Waals surface area contributed by atoms with Gasteiger partial charge in [0.25, 0.3) is 5.91 Å². The van der Waals surface area contributed by atoms with E-state index >= 15 is 0 Å². The summed E-state index contributed by atoms with van der Waals surface area (Å²) in [7, 11) is 5.87. The zero-order chi connectivity index (χ0) is 19.4. The summed E-state index contributed by atoms with van der Waals surface area (Å²) in [6.45, 7) is 4.18. The topological polar surface area (TPSA) is 58.7 Å². The maximum absolute atomic E-state index is 13.0. The number of aromatic nitrogens is 4. The highest BCUT2D eigenvalue weighted by molar-refractivity contribution is 5.94.